The third kappa shape index (κ3) is 1.53. The molecule has 0 aromatic rings. The maximum Gasteiger partial charge on any atom is 0.191 e. The van der Waals surface area contributed by atoms with E-state index in [4.69, 9.17) is 4.74 Å². The van der Waals surface area contributed by atoms with Crippen LogP contribution in [0.4, 0.5) is 0 Å². The van der Waals surface area contributed by atoms with Crippen molar-refractivity contribution in [2.75, 3.05) is 32.8 Å². The molecule has 0 saturated carbocycles. The lowest BCUT2D eigenvalue weighted by atomic mass is 9.89. The van der Waals surface area contributed by atoms with E-state index in [1.165, 1.54) is 0 Å². The standard InChI is InChI=1S/C8H15N3O/c1-8(5-12-6-8)4-11-7-9-2-3-10-7/h2-6H2,1H3,(H2,9,10,11). The minimum absolute atomic E-state index is 0.326. The largest absolute Gasteiger partial charge is 0.380 e. The zero-order chi connectivity index (χ0) is 8.44. The van der Waals surface area contributed by atoms with Crippen molar-refractivity contribution in [3.8, 4) is 0 Å². The summed E-state index contributed by atoms with van der Waals surface area (Å²) in [5.74, 6) is 0.947. The quantitative estimate of drug-likeness (QED) is 0.589. The molecule has 12 heavy (non-hydrogen) atoms. The minimum atomic E-state index is 0.326. The molecule has 0 unspecified atom stereocenters. The number of nitrogens with one attached hydrogen (secondary N) is 2. The van der Waals surface area contributed by atoms with Crippen molar-refractivity contribution in [1.82, 2.24) is 10.6 Å². The molecule has 0 spiro atoms. The van der Waals surface area contributed by atoms with Crippen LogP contribution in [-0.2, 0) is 4.74 Å². The molecule has 2 aliphatic rings. The molecule has 0 aliphatic carbocycles. The van der Waals surface area contributed by atoms with Gasteiger partial charge < -0.3 is 15.4 Å². The summed E-state index contributed by atoms with van der Waals surface area (Å²) in [4.78, 5) is 4.25. The van der Waals surface area contributed by atoms with Crippen molar-refractivity contribution in [3.63, 3.8) is 0 Å². The van der Waals surface area contributed by atoms with Crippen molar-refractivity contribution in [2.24, 2.45) is 10.4 Å². The molecule has 2 N–H and O–H groups in total. The van der Waals surface area contributed by atoms with E-state index in [0.29, 0.717) is 5.41 Å². The second-order valence-corrected chi connectivity index (χ2v) is 3.81. The Morgan fingerprint density at radius 2 is 2.50 bits per heavy atom. The second kappa shape index (κ2) is 2.94. The Morgan fingerprint density at radius 3 is 3.00 bits per heavy atom. The van der Waals surface area contributed by atoms with Gasteiger partial charge in [0.25, 0.3) is 0 Å². The van der Waals surface area contributed by atoms with E-state index in [0.717, 1.165) is 38.8 Å². The maximum absolute atomic E-state index is 5.15. The van der Waals surface area contributed by atoms with E-state index in [1.54, 1.807) is 0 Å². The fourth-order valence-electron chi connectivity index (χ4n) is 1.37. The van der Waals surface area contributed by atoms with Crippen LogP contribution in [0.2, 0.25) is 0 Å². The second-order valence-electron chi connectivity index (χ2n) is 3.81. The van der Waals surface area contributed by atoms with Gasteiger partial charge in [-0.15, -0.1) is 0 Å². The van der Waals surface area contributed by atoms with Gasteiger partial charge in [-0.3, -0.25) is 4.99 Å². The monoisotopic (exact) mass is 169 g/mol. The van der Waals surface area contributed by atoms with E-state index in [1.807, 2.05) is 0 Å². The summed E-state index contributed by atoms with van der Waals surface area (Å²) in [6.07, 6.45) is 0. The first kappa shape index (κ1) is 7.86. The van der Waals surface area contributed by atoms with Gasteiger partial charge in [0.1, 0.15) is 0 Å². The lowest BCUT2D eigenvalue weighted by molar-refractivity contribution is -0.0970. The van der Waals surface area contributed by atoms with Crippen molar-refractivity contribution < 1.29 is 4.74 Å². The lowest BCUT2D eigenvalue weighted by Gasteiger charge is -2.38. The van der Waals surface area contributed by atoms with Crippen LogP contribution in [0.3, 0.4) is 0 Å². The predicted octanol–water partition coefficient (Wildman–Crippen LogP) is -0.428. The summed E-state index contributed by atoms with van der Waals surface area (Å²) >= 11 is 0. The van der Waals surface area contributed by atoms with Crippen LogP contribution in [0.25, 0.3) is 0 Å². The van der Waals surface area contributed by atoms with E-state index < -0.39 is 0 Å². The van der Waals surface area contributed by atoms with Crippen LogP contribution >= 0.6 is 0 Å². The SMILES string of the molecule is CC1(CNC2=NCCN2)COC1. The number of aliphatic imine (C=N–C) groups is 1. The molecular weight excluding hydrogens is 154 g/mol. The number of nitrogens with zero attached hydrogens (tertiary/aromatic N) is 1. The first-order valence-corrected chi connectivity index (χ1v) is 4.38. The van der Waals surface area contributed by atoms with Crippen molar-refractivity contribution >= 4 is 5.96 Å². The van der Waals surface area contributed by atoms with Crippen LogP contribution in [0, 0.1) is 5.41 Å². The van der Waals surface area contributed by atoms with Gasteiger partial charge in [0.2, 0.25) is 0 Å². The van der Waals surface area contributed by atoms with Gasteiger partial charge in [-0.05, 0) is 0 Å². The van der Waals surface area contributed by atoms with E-state index >= 15 is 0 Å². The van der Waals surface area contributed by atoms with Crippen molar-refractivity contribution in [1.29, 1.82) is 0 Å². The fourth-order valence-corrected chi connectivity index (χ4v) is 1.37. The Morgan fingerprint density at radius 1 is 1.67 bits per heavy atom. The average Bonchev–Trinajstić information content (AvgIpc) is 2.49. The molecule has 4 heteroatoms. The predicted molar refractivity (Wildman–Crippen MR) is 47.2 cm³/mol. The van der Waals surface area contributed by atoms with Crippen LogP contribution in [0.5, 0.6) is 0 Å². The molecule has 0 radical (unpaired) electrons. The third-order valence-corrected chi connectivity index (χ3v) is 2.26. The molecule has 0 aromatic carbocycles. The van der Waals surface area contributed by atoms with Gasteiger partial charge in [-0.1, -0.05) is 6.92 Å². The smallest absolute Gasteiger partial charge is 0.191 e. The van der Waals surface area contributed by atoms with Crippen LogP contribution in [0.15, 0.2) is 4.99 Å². The van der Waals surface area contributed by atoms with Gasteiger partial charge in [-0.2, -0.15) is 0 Å². The van der Waals surface area contributed by atoms with E-state index in [2.05, 4.69) is 22.5 Å². The lowest BCUT2D eigenvalue weighted by Crippen LogP contribution is -2.50. The molecule has 1 saturated heterocycles. The molecule has 0 atom stereocenters. The van der Waals surface area contributed by atoms with Gasteiger partial charge in [-0.25, -0.2) is 0 Å². The Kier molecular flexibility index (Phi) is 1.92. The molecule has 0 aromatic heterocycles. The van der Waals surface area contributed by atoms with Crippen molar-refractivity contribution in [3.05, 3.63) is 0 Å². The highest BCUT2D eigenvalue weighted by atomic mass is 16.5. The Labute approximate surface area is 72.4 Å². The number of rotatable bonds is 2. The molecule has 0 bridgehead atoms. The summed E-state index contributed by atoms with van der Waals surface area (Å²) in [5.41, 5.74) is 0.326. The molecule has 68 valence electrons. The number of guanidine groups is 1. The maximum atomic E-state index is 5.15. The van der Waals surface area contributed by atoms with Crippen LogP contribution in [-0.4, -0.2) is 38.8 Å². The summed E-state index contributed by atoms with van der Waals surface area (Å²) < 4.78 is 5.15. The summed E-state index contributed by atoms with van der Waals surface area (Å²) in [6.45, 7) is 6.78. The molecule has 4 nitrogen and oxygen atoms in total. The Bertz CT molecular complexity index is 198. The molecule has 2 heterocycles. The highest BCUT2D eigenvalue weighted by molar-refractivity contribution is 5.81. The summed E-state index contributed by atoms with van der Waals surface area (Å²) in [5, 5.41) is 6.46. The van der Waals surface area contributed by atoms with E-state index in [9.17, 15) is 0 Å². The zero-order valence-electron chi connectivity index (χ0n) is 7.39. The Hall–Kier alpha value is -0.770. The van der Waals surface area contributed by atoms with Gasteiger partial charge in [0.05, 0.1) is 19.8 Å². The number of hydrogen-bond acceptors (Lipinski definition) is 4. The molecule has 2 aliphatic heterocycles. The van der Waals surface area contributed by atoms with Gasteiger partial charge >= 0.3 is 0 Å². The molecule has 2 rings (SSSR count). The van der Waals surface area contributed by atoms with Gasteiger partial charge in [0.15, 0.2) is 5.96 Å². The van der Waals surface area contributed by atoms with E-state index in [-0.39, 0.29) is 0 Å². The highest BCUT2D eigenvalue weighted by Crippen LogP contribution is 2.24. The molecule has 1 fully saturated rings. The summed E-state index contributed by atoms with van der Waals surface area (Å²) in [7, 11) is 0. The average molecular weight is 169 g/mol. The third-order valence-electron chi connectivity index (χ3n) is 2.26. The van der Waals surface area contributed by atoms with Crippen LogP contribution in [0.1, 0.15) is 6.92 Å². The zero-order valence-corrected chi connectivity index (χ0v) is 7.39. The first-order chi connectivity index (χ1) is 5.79. The summed E-state index contributed by atoms with van der Waals surface area (Å²) in [6, 6.07) is 0. The number of ether oxygens (including phenoxy) is 1. The topological polar surface area (TPSA) is 45.7 Å². The highest BCUT2D eigenvalue weighted by Gasteiger charge is 2.33. The number of hydrogen-bond donors (Lipinski definition) is 2. The normalized spacial score (nSPS) is 25.6. The first-order valence-electron chi connectivity index (χ1n) is 4.38. The molecular formula is C8H15N3O. The van der Waals surface area contributed by atoms with Crippen LogP contribution < -0.4 is 10.6 Å². The van der Waals surface area contributed by atoms with Gasteiger partial charge in [0, 0.05) is 18.5 Å². The minimum Gasteiger partial charge on any atom is -0.380 e. The van der Waals surface area contributed by atoms with Crippen molar-refractivity contribution in [2.45, 2.75) is 6.92 Å². The fraction of sp³-hybridized carbons (Fsp3) is 0.875. The Balaban J connectivity index is 1.74. The molecule has 0 amide bonds.